The smallest absolute Gasteiger partial charge is 0.222 e. The largest absolute Gasteiger partial charge is 0.356 e. The number of rotatable bonds is 10. The van der Waals surface area contributed by atoms with Crippen LogP contribution in [0.1, 0.15) is 58.8 Å². The lowest BCUT2D eigenvalue weighted by atomic mass is 10.00. The second kappa shape index (κ2) is 13.6. The molecule has 0 aliphatic carbocycles. The summed E-state index contributed by atoms with van der Waals surface area (Å²) in [7, 11) is 0. The molecule has 0 radical (unpaired) electrons. The number of nitrogens with zero attached hydrogens (tertiary/aromatic N) is 1. The van der Waals surface area contributed by atoms with Crippen LogP contribution in [0.5, 0.6) is 0 Å². The Morgan fingerprint density at radius 1 is 1.17 bits per heavy atom. The number of hydrogen-bond acceptors (Lipinski definition) is 3. The quantitative estimate of drug-likeness (QED) is 0.637. The minimum atomic E-state index is 0. The lowest BCUT2D eigenvalue weighted by Crippen LogP contribution is -2.38. The van der Waals surface area contributed by atoms with Crippen molar-refractivity contribution < 1.29 is 9.59 Å². The molecular weight excluding hydrogens is 314 g/mol. The lowest BCUT2D eigenvalue weighted by molar-refractivity contribution is -0.131. The molecule has 1 atom stereocenters. The molecule has 1 saturated heterocycles. The van der Waals surface area contributed by atoms with Gasteiger partial charge in [0.05, 0.1) is 0 Å². The van der Waals surface area contributed by atoms with E-state index in [0.717, 1.165) is 45.6 Å². The minimum absolute atomic E-state index is 0. The van der Waals surface area contributed by atoms with E-state index in [0.29, 0.717) is 25.2 Å². The van der Waals surface area contributed by atoms with Gasteiger partial charge in [0.2, 0.25) is 11.8 Å². The zero-order valence-corrected chi connectivity index (χ0v) is 15.6. The van der Waals surface area contributed by atoms with Gasteiger partial charge in [-0.1, -0.05) is 13.8 Å². The van der Waals surface area contributed by atoms with Crippen LogP contribution in [-0.4, -0.2) is 49.4 Å². The summed E-state index contributed by atoms with van der Waals surface area (Å²) in [5, 5.41) is 6.35. The summed E-state index contributed by atoms with van der Waals surface area (Å²) in [6.45, 7) is 8.69. The molecule has 2 N–H and O–H groups in total. The average molecular weight is 348 g/mol. The summed E-state index contributed by atoms with van der Waals surface area (Å²) in [6, 6.07) is 0. The number of hydrogen-bond donors (Lipinski definition) is 2. The second-order valence-corrected chi connectivity index (χ2v) is 6.25. The van der Waals surface area contributed by atoms with Gasteiger partial charge >= 0.3 is 0 Å². The van der Waals surface area contributed by atoms with Crippen LogP contribution < -0.4 is 10.6 Å². The zero-order valence-electron chi connectivity index (χ0n) is 14.7. The van der Waals surface area contributed by atoms with Crippen molar-refractivity contribution in [3.05, 3.63) is 0 Å². The van der Waals surface area contributed by atoms with Crippen molar-refractivity contribution in [1.82, 2.24) is 15.5 Å². The van der Waals surface area contributed by atoms with Gasteiger partial charge in [0, 0.05) is 32.5 Å². The summed E-state index contributed by atoms with van der Waals surface area (Å²) < 4.78 is 0. The van der Waals surface area contributed by atoms with E-state index in [1.165, 1.54) is 12.8 Å². The third-order valence-corrected chi connectivity index (χ3v) is 4.12. The molecule has 23 heavy (non-hydrogen) atoms. The van der Waals surface area contributed by atoms with E-state index in [9.17, 15) is 9.59 Å². The summed E-state index contributed by atoms with van der Waals surface area (Å²) >= 11 is 0. The summed E-state index contributed by atoms with van der Waals surface area (Å²) in [5.41, 5.74) is 0. The Morgan fingerprint density at radius 3 is 2.43 bits per heavy atom. The van der Waals surface area contributed by atoms with E-state index in [1.807, 2.05) is 4.90 Å². The number of carbonyl (C=O) groups is 2. The Hall–Kier alpha value is -0.810. The standard InChI is InChI=1S/C17H33N3O2.ClH/c1-3-11-20(12-4-2)17(22)9-5-8-16(21)19-14-15-7-6-10-18-13-15;/h15,18H,3-14H2,1-2H3,(H,19,21);1H. The third kappa shape index (κ3) is 9.82. The van der Waals surface area contributed by atoms with E-state index < -0.39 is 0 Å². The van der Waals surface area contributed by atoms with Gasteiger partial charge in [-0.2, -0.15) is 0 Å². The first-order chi connectivity index (χ1) is 10.7. The Bertz CT molecular complexity index is 328. The Morgan fingerprint density at radius 2 is 1.87 bits per heavy atom. The molecule has 0 aromatic heterocycles. The molecule has 0 spiro atoms. The maximum Gasteiger partial charge on any atom is 0.222 e. The fourth-order valence-corrected chi connectivity index (χ4v) is 2.90. The van der Waals surface area contributed by atoms with Gasteiger partial charge in [0.15, 0.2) is 0 Å². The van der Waals surface area contributed by atoms with Crippen LogP contribution >= 0.6 is 12.4 Å². The lowest BCUT2D eigenvalue weighted by Gasteiger charge is -2.23. The SMILES string of the molecule is CCCN(CCC)C(=O)CCCC(=O)NCC1CCCNC1.Cl. The van der Waals surface area contributed by atoms with E-state index in [-0.39, 0.29) is 24.2 Å². The van der Waals surface area contributed by atoms with Crippen molar-refractivity contribution in [3.8, 4) is 0 Å². The summed E-state index contributed by atoms with van der Waals surface area (Å²) in [4.78, 5) is 25.9. The first-order valence-corrected chi connectivity index (χ1v) is 8.92. The maximum atomic E-state index is 12.1. The van der Waals surface area contributed by atoms with Crippen LogP contribution in [0.3, 0.4) is 0 Å². The Balaban J connectivity index is 0.00000484. The first-order valence-electron chi connectivity index (χ1n) is 8.92. The zero-order chi connectivity index (χ0) is 16.2. The topological polar surface area (TPSA) is 61.4 Å². The molecule has 1 rings (SSSR count). The van der Waals surface area contributed by atoms with Gasteiger partial charge in [-0.3, -0.25) is 9.59 Å². The molecule has 2 amide bonds. The number of carbonyl (C=O) groups excluding carboxylic acids is 2. The molecule has 0 aromatic rings. The third-order valence-electron chi connectivity index (χ3n) is 4.12. The van der Waals surface area contributed by atoms with E-state index in [4.69, 9.17) is 0 Å². The van der Waals surface area contributed by atoms with E-state index in [2.05, 4.69) is 24.5 Å². The molecule has 6 heteroatoms. The van der Waals surface area contributed by atoms with Gasteiger partial charge in [-0.25, -0.2) is 0 Å². The van der Waals surface area contributed by atoms with Crippen LogP contribution in [0.15, 0.2) is 0 Å². The average Bonchev–Trinajstić information content (AvgIpc) is 2.53. The highest BCUT2D eigenvalue weighted by Crippen LogP contribution is 2.08. The van der Waals surface area contributed by atoms with Crippen molar-refractivity contribution in [2.45, 2.75) is 58.8 Å². The number of piperidine rings is 1. The van der Waals surface area contributed by atoms with Crippen molar-refractivity contribution in [1.29, 1.82) is 0 Å². The van der Waals surface area contributed by atoms with Gasteiger partial charge < -0.3 is 15.5 Å². The summed E-state index contributed by atoms with van der Waals surface area (Å²) in [6.07, 6.45) is 5.95. The fourth-order valence-electron chi connectivity index (χ4n) is 2.90. The summed E-state index contributed by atoms with van der Waals surface area (Å²) in [5.74, 6) is 0.827. The van der Waals surface area contributed by atoms with Crippen LogP contribution in [0, 0.1) is 5.92 Å². The molecule has 1 fully saturated rings. The van der Waals surface area contributed by atoms with Crippen molar-refractivity contribution in [3.63, 3.8) is 0 Å². The van der Waals surface area contributed by atoms with Gasteiger partial charge in [0.25, 0.3) is 0 Å². The minimum Gasteiger partial charge on any atom is -0.356 e. The highest BCUT2D eigenvalue weighted by Gasteiger charge is 2.15. The molecule has 0 bridgehead atoms. The van der Waals surface area contributed by atoms with Crippen LogP contribution in [0.2, 0.25) is 0 Å². The maximum absolute atomic E-state index is 12.1. The monoisotopic (exact) mass is 347 g/mol. The van der Waals surface area contributed by atoms with Gasteiger partial charge in [0.1, 0.15) is 0 Å². The van der Waals surface area contributed by atoms with Crippen molar-refractivity contribution in [2.75, 3.05) is 32.7 Å². The predicted octanol–water partition coefficient (Wildman–Crippen LogP) is 2.34. The first kappa shape index (κ1) is 22.2. The number of amides is 2. The highest BCUT2D eigenvalue weighted by molar-refractivity contribution is 5.85. The van der Waals surface area contributed by atoms with Gasteiger partial charge in [-0.05, 0) is 51.1 Å². The van der Waals surface area contributed by atoms with E-state index >= 15 is 0 Å². The highest BCUT2D eigenvalue weighted by atomic mass is 35.5. The van der Waals surface area contributed by atoms with E-state index in [1.54, 1.807) is 0 Å². The molecule has 5 nitrogen and oxygen atoms in total. The molecular formula is C17H34ClN3O2. The second-order valence-electron chi connectivity index (χ2n) is 6.25. The Labute approximate surface area is 147 Å². The molecule has 0 saturated carbocycles. The molecule has 1 heterocycles. The van der Waals surface area contributed by atoms with Crippen LogP contribution in [-0.2, 0) is 9.59 Å². The Kier molecular flexibility index (Phi) is 13.1. The van der Waals surface area contributed by atoms with Gasteiger partial charge in [-0.15, -0.1) is 12.4 Å². The van der Waals surface area contributed by atoms with Crippen molar-refractivity contribution in [2.24, 2.45) is 5.92 Å². The van der Waals surface area contributed by atoms with Crippen molar-refractivity contribution >= 4 is 24.2 Å². The molecule has 1 aliphatic rings. The molecule has 1 aliphatic heterocycles. The van der Waals surface area contributed by atoms with Crippen LogP contribution in [0.4, 0.5) is 0 Å². The normalized spacial score (nSPS) is 17.2. The number of nitrogens with one attached hydrogen (secondary N) is 2. The number of halogens is 1. The molecule has 1 unspecified atom stereocenters. The predicted molar refractivity (Wildman–Crippen MR) is 96.9 cm³/mol. The fraction of sp³-hybridized carbons (Fsp3) is 0.882. The molecule has 136 valence electrons. The van der Waals surface area contributed by atoms with Crippen LogP contribution in [0.25, 0.3) is 0 Å². The molecule has 0 aromatic carbocycles.